The van der Waals surface area contributed by atoms with Crippen molar-refractivity contribution in [2.75, 3.05) is 32.2 Å². The summed E-state index contributed by atoms with van der Waals surface area (Å²) in [5.74, 6) is 0. The van der Waals surface area contributed by atoms with E-state index in [-0.39, 0.29) is 6.04 Å². The van der Waals surface area contributed by atoms with Crippen molar-refractivity contribution in [2.24, 2.45) is 5.73 Å². The molecule has 0 bridgehead atoms. The van der Waals surface area contributed by atoms with E-state index < -0.39 is 0 Å². The van der Waals surface area contributed by atoms with Gasteiger partial charge in [0, 0.05) is 26.7 Å². The number of para-hydroxylation sites is 1. The number of methoxy groups -OCH3 is 1. The summed E-state index contributed by atoms with van der Waals surface area (Å²) in [4.78, 5) is 2.13. The Morgan fingerprint density at radius 2 is 2.17 bits per heavy atom. The first-order valence-corrected chi connectivity index (χ1v) is 6.71. The number of nitrogens with two attached hydrogens (primary N) is 1. The van der Waals surface area contributed by atoms with Gasteiger partial charge in [0.2, 0.25) is 0 Å². The molecule has 2 N–H and O–H groups in total. The van der Waals surface area contributed by atoms with Crippen LogP contribution in [0.3, 0.4) is 0 Å². The van der Waals surface area contributed by atoms with Crippen LogP contribution < -0.4 is 10.6 Å². The second-order valence-electron chi connectivity index (χ2n) is 4.53. The Morgan fingerprint density at radius 3 is 2.78 bits per heavy atom. The van der Waals surface area contributed by atoms with Crippen molar-refractivity contribution >= 4 is 17.3 Å². The number of ether oxygens (including phenoxy) is 1. The molecule has 1 rings (SSSR count). The third-order valence-electron chi connectivity index (χ3n) is 3.09. The van der Waals surface area contributed by atoms with Crippen molar-refractivity contribution in [3.8, 4) is 0 Å². The largest absolute Gasteiger partial charge is 0.383 e. The second kappa shape index (κ2) is 7.62. The van der Waals surface area contributed by atoms with E-state index in [1.54, 1.807) is 7.11 Å². The van der Waals surface area contributed by atoms with Crippen molar-refractivity contribution in [1.29, 1.82) is 0 Å². The first kappa shape index (κ1) is 15.3. The van der Waals surface area contributed by atoms with Gasteiger partial charge in [0.1, 0.15) is 0 Å². The molecule has 4 heteroatoms. The fraction of sp³-hybridized carbons (Fsp3) is 0.571. The van der Waals surface area contributed by atoms with Crippen LogP contribution in [0.25, 0.3) is 0 Å². The van der Waals surface area contributed by atoms with Crippen molar-refractivity contribution in [2.45, 2.75) is 25.8 Å². The monoisotopic (exact) mass is 270 g/mol. The van der Waals surface area contributed by atoms with Crippen LogP contribution in [0.5, 0.6) is 0 Å². The highest BCUT2D eigenvalue weighted by Crippen LogP contribution is 2.30. The Morgan fingerprint density at radius 1 is 1.44 bits per heavy atom. The highest BCUT2D eigenvalue weighted by Gasteiger charge is 2.13. The van der Waals surface area contributed by atoms with E-state index in [1.807, 2.05) is 19.2 Å². The van der Waals surface area contributed by atoms with Gasteiger partial charge in [-0.15, -0.1) is 0 Å². The zero-order chi connectivity index (χ0) is 13.5. The first-order chi connectivity index (χ1) is 8.60. The summed E-state index contributed by atoms with van der Waals surface area (Å²) in [5.41, 5.74) is 8.31. The van der Waals surface area contributed by atoms with Crippen molar-refractivity contribution in [3.63, 3.8) is 0 Å². The first-order valence-electron chi connectivity index (χ1n) is 6.33. The summed E-state index contributed by atoms with van der Waals surface area (Å²) in [6, 6.07) is 6.17. The van der Waals surface area contributed by atoms with E-state index >= 15 is 0 Å². The van der Waals surface area contributed by atoms with E-state index in [9.17, 15) is 0 Å². The van der Waals surface area contributed by atoms with Gasteiger partial charge in [-0.1, -0.05) is 30.7 Å². The van der Waals surface area contributed by atoms with Gasteiger partial charge >= 0.3 is 0 Å². The average Bonchev–Trinajstić information content (AvgIpc) is 2.36. The molecule has 0 amide bonds. The van der Waals surface area contributed by atoms with Crippen LogP contribution >= 0.6 is 11.6 Å². The number of hydrogen-bond donors (Lipinski definition) is 1. The van der Waals surface area contributed by atoms with Crippen molar-refractivity contribution in [3.05, 3.63) is 28.8 Å². The smallest absolute Gasteiger partial charge is 0.0642 e. The third-order valence-corrected chi connectivity index (χ3v) is 3.39. The van der Waals surface area contributed by atoms with Gasteiger partial charge in [0.05, 0.1) is 17.3 Å². The third kappa shape index (κ3) is 4.16. The Balaban J connectivity index is 2.92. The van der Waals surface area contributed by atoms with Crippen LogP contribution in [0.1, 0.15) is 18.9 Å². The molecular weight excluding hydrogens is 248 g/mol. The Hall–Kier alpha value is -0.770. The molecule has 0 aromatic heterocycles. The predicted molar refractivity (Wildman–Crippen MR) is 78.6 cm³/mol. The molecular formula is C14H23ClN2O. The van der Waals surface area contributed by atoms with Gasteiger partial charge in [-0.05, 0) is 24.5 Å². The summed E-state index contributed by atoms with van der Waals surface area (Å²) in [6.45, 7) is 3.60. The summed E-state index contributed by atoms with van der Waals surface area (Å²) >= 11 is 6.31. The minimum absolute atomic E-state index is 0.179. The van der Waals surface area contributed by atoms with Crippen LogP contribution in [0.2, 0.25) is 5.02 Å². The van der Waals surface area contributed by atoms with Crippen LogP contribution in [-0.2, 0) is 11.2 Å². The lowest BCUT2D eigenvalue weighted by molar-refractivity contribution is 0.206. The molecule has 0 aliphatic heterocycles. The van der Waals surface area contributed by atoms with E-state index in [1.165, 1.54) is 5.56 Å². The maximum absolute atomic E-state index is 6.31. The molecule has 102 valence electrons. The molecule has 0 saturated heterocycles. The van der Waals surface area contributed by atoms with Crippen LogP contribution in [-0.4, -0.2) is 33.4 Å². The molecule has 0 spiro atoms. The second-order valence-corrected chi connectivity index (χ2v) is 4.94. The van der Waals surface area contributed by atoms with Crippen molar-refractivity contribution in [1.82, 2.24) is 0 Å². The molecule has 0 heterocycles. The number of rotatable bonds is 7. The van der Waals surface area contributed by atoms with Gasteiger partial charge < -0.3 is 15.4 Å². The summed E-state index contributed by atoms with van der Waals surface area (Å²) < 4.78 is 5.11. The van der Waals surface area contributed by atoms with E-state index in [0.29, 0.717) is 6.61 Å². The number of nitrogens with zero attached hydrogens (tertiary/aromatic N) is 1. The van der Waals surface area contributed by atoms with E-state index in [0.717, 1.165) is 30.1 Å². The molecule has 1 aromatic carbocycles. The summed E-state index contributed by atoms with van der Waals surface area (Å²) in [6.07, 6.45) is 1.82. The zero-order valence-corrected chi connectivity index (χ0v) is 12.2. The highest BCUT2D eigenvalue weighted by molar-refractivity contribution is 6.33. The molecule has 1 aromatic rings. The Kier molecular flexibility index (Phi) is 6.47. The maximum atomic E-state index is 6.31. The predicted octanol–water partition coefficient (Wildman–Crippen LogP) is 2.70. The van der Waals surface area contributed by atoms with Crippen LogP contribution in [0.4, 0.5) is 5.69 Å². The van der Waals surface area contributed by atoms with E-state index in [2.05, 4.69) is 17.9 Å². The molecule has 0 fully saturated rings. The lowest BCUT2D eigenvalue weighted by Crippen LogP contribution is -2.26. The molecule has 1 unspecified atom stereocenters. The summed E-state index contributed by atoms with van der Waals surface area (Å²) in [5, 5.41) is 0.773. The number of hydrogen-bond acceptors (Lipinski definition) is 3. The SMILES string of the molecule is CCC(N)Cc1cccc(Cl)c1N(C)CCOC. The quantitative estimate of drug-likeness (QED) is 0.828. The standard InChI is InChI=1S/C14H23ClN2O/c1-4-12(16)10-11-6-5-7-13(15)14(11)17(2)8-9-18-3/h5-7,12H,4,8-10,16H2,1-3H3. The normalized spacial score (nSPS) is 12.5. The Bertz CT molecular complexity index is 371. The minimum Gasteiger partial charge on any atom is -0.383 e. The molecule has 18 heavy (non-hydrogen) atoms. The highest BCUT2D eigenvalue weighted by atomic mass is 35.5. The van der Waals surface area contributed by atoms with Gasteiger partial charge in [-0.3, -0.25) is 0 Å². The van der Waals surface area contributed by atoms with Gasteiger partial charge in [-0.25, -0.2) is 0 Å². The molecule has 3 nitrogen and oxygen atoms in total. The lowest BCUT2D eigenvalue weighted by Gasteiger charge is -2.24. The fourth-order valence-electron chi connectivity index (χ4n) is 1.92. The lowest BCUT2D eigenvalue weighted by atomic mass is 10.0. The van der Waals surface area contributed by atoms with Crippen LogP contribution in [0, 0.1) is 0 Å². The van der Waals surface area contributed by atoms with Crippen molar-refractivity contribution < 1.29 is 4.74 Å². The number of halogens is 1. The molecule has 0 aliphatic rings. The van der Waals surface area contributed by atoms with Gasteiger partial charge in [0.15, 0.2) is 0 Å². The molecule has 1 atom stereocenters. The van der Waals surface area contributed by atoms with Crippen LogP contribution in [0.15, 0.2) is 18.2 Å². The van der Waals surface area contributed by atoms with Gasteiger partial charge in [-0.2, -0.15) is 0 Å². The zero-order valence-electron chi connectivity index (χ0n) is 11.4. The topological polar surface area (TPSA) is 38.5 Å². The Labute approximate surface area is 115 Å². The molecule has 0 aliphatic carbocycles. The molecule has 0 radical (unpaired) electrons. The average molecular weight is 271 g/mol. The fourth-order valence-corrected chi connectivity index (χ4v) is 2.26. The molecule has 0 saturated carbocycles. The maximum Gasteiger partial charge on any atom is 0.0642 e. The van der Waals surface area contributed by atoms with Gasteiger partial charge in [0.25, 0.3) is 0 Å². The minimum atomic E-state index is 0.179. The van der Waals surface area contributed by atoms with E-state index in [4.69, 9.17) is 22.1 Å². The number of benzene rings is 1. The summed E-state index contributed by atoms with van der Waals surface area (Å²) in [7, 11) is 3.73. The number of anilines is 1. The number of likely N-dealkylation sites (N-methyl/N-ethyl adjacent to an activating group) is 1.